The lowest BCUT2D eigenvalue weighted by molar-refractivity contribution is -0.310. The van der Waals surface area contributed by atoms with Gasteiger partial charge >= 0.3 is 5.63 Å². The summed E-state index contributed by atoms with van der Waals surface area (Å²) >= 11 is 0. The van der Waals surface area contributed by atoms with Gasteiger partial charge in [-0.1, -0.05) is 19.9 Å². The average molecular weight is 579 g/mol. The molecule has 11 heteroatoms. The number of aliphatic hydroxyl groups excluding tert-OH is 5. The number of ether oxygens (including phenoxy) is 2. The van der Waals surface area contributed by atoms with Crippen molar-refractivity contribution in [2.24, 2.45) is 16.7 Å². The molecule has 0 radical (unpaired) electrons. The first kappa shape index (κ1) is 29.4. The standard InChI is InChI=1S/C30H42O11/c1-27-8-5-16(40-26-25(36)24(35)23(34)20(13-31)41-26)11-18(27)19(32)12-29(37)21(27)7-9-28(2)17(6-10-30(28,29)38)15-3-4-22(33)39-14-15/h3-4,11,14,16-17,19-21,23-26,31-32,34-38H,5-10,12-13H2,1-2H3. The minimum atomic E-state index is -1.55. The molecule has 2 heterocycles. The van der Waals surface area contributed by atoms with E-state index in [1.807, 2.05) is 13.8 Å². The molecule has 0 amide bonds. The summed E-state index contributed by atoms with van der Waals surface area (Å²) < 4.78 is 16.7. The van der Waals surface area contributed by atoms with E-state index in [-0.39, 0.29) is 18.3 Å². The second kappa shape index (κ2) is 9.93. The second-order valence-corrected chi connectivity index (χ2v) is 13.4. The van der Waals surface area contributed by atoms with E-state index in [2.05, 4.69) is 0 Å². The van der Waals surface area contributed by atoms with E-state index >= 15 is 0 Å². The molecule has 0 spiro atoms. The summed E-state index contributed by atoms with van der Waals surface area (Å²) in [4.78, 5) is 11.6. The number of hydrogen-bond donors (Lipinski definition) is 7. The summed E-state index contributed by atoms with van der Waals surface area (Å²) in [5.74, 6) is -0.449. The molecule has 1 aliphatic heterocycles. The van der Waals surface area contributed by atoms with Crippen molar-refractivity contribution in [2.45, 2.75) is 119 Å². The van der Waals surface area contributed by atoms with Crippen molar-refractivity contribution in [3.63, 3.8) is 0 Å². The predicted molar refractivity (Wildman–Crippen MR) is 142 cm³/mol. The SMILES string of the molecule is CC12CCC(OC3OC(CO)C(O)C(O)C3O)C=C1C(O)CC1(O)C2CCC2(C)C(c3ccc(=O)oc3)CCC21O. The number of rotatable bonds is 4. The topological polar surface area (TPSA) is 190 Å². The molecule has 1 saturated heterocycles. The highest BCUT2D eigenvalue weighted by Gasteiger charge is 2.74. The molecule has 11 nitrogen and oxygen atoms in total. The summed E-state index contributed by atoms with van der Waals surface area (Å²) in [6.45, 7) is 3.45. The van der Waals surface area contributed by atoms with Crippen LogP contribution in [0.4, 0.5) is 0 Å². The van der Waals surface area contributed by atoms with Gasteiger partial charge in [0.1, 0.15) is 30.0 Å². The van der Waals surface area contributed by atoms with Crippen molar-refractivity contribution < 1.29 is 49.6 Å². The molecular formula is C30H42O11. The molecular weight excluding hydrogens is 536 g/mol. The Morgan fingerprint density at radius 3 is 2.41 bits per heavy atom. The summed E-state index contributed by atoms with van der Waals surface area (Å²) in [6, 6.07) is 3.11. The highest BCUT2D eigenvalue weighted by atomic mass is 16.7. The Labute approximate surface area is 238 Å². The summed E-state index contributed by atoms with van der Waals surface area (Å²) in [7, 11) is 0. The zero-order valence-electron chi connectivity index (χ0n) is 23.4. The molecule has 0 bridgehead atoms. The van der Waals surface area contributed by atoms with Crippen LogP contribution >= 0.6 is 0 Å². The third kappa shape index (κ3) is 4.08. The van der Waals surface area contributed by atoms with Crippen molar-refractivity contribution in [3.8, 4) is 0 Å². The van der Waals surface area contributed by atoms with Gasteiger partial charge < -0.3 is 49.6 Å². The number of aliphatic hydroxyl groups is 7. The quantitative estimate of drug-likeness (QED) is 0.239. The van der Waals surface area contributed by atoms with Crippen LogP contribution in [0.3, 0.4) is 0 Å². The predicted octanol–water partition coefficient (Wildman–Crippen LogP) is 0.0719. The molecule has 4 aliphatic carbocycles. The Balaban J connectivity index is 1.27. The lowest BCUT2D eigenvalue weighted by Gasteiger charge is -2.66. The minimum absolute atomic E-state index is 0.0471. The van der Waals surface area contributed by atoms with Crippen LogP contribution in [0, 0.1) is 16.7 Å². The van der Waals surface area contributed by atoms with Gasteiger partial charge in [-0.15, -0.1) is 0 Å². The largest absolute Gasteiger partial charge is 0.431 e. The van der Waals surface area contributed by atoms with Crippen LogP contribution in [0.1, 0.15) is 70.3 Å². The van der Waals surface area contributed by atoms with Gasteiger partial charge in [0.25, 0.3) is 0 Å². The van der Waals surface area contributed by atoms with Gasteiger partial charge in [0.15, 0.2) is 6.29 Å². The number of hydrogen-bond acceptors (Lipinski definition) is 11. The van der Waals surface area contributed by atoms with E-state index < -0.39 is 77.2 Å². The zero-order chi connectivity index (χ0) is 29.5. The number of fused-ring (bicyclic) bond motifs is 5. The first-order chi connectivity index (χ1) is 19.3. The van der Waals surface area contributed by atoms with Gasteiger partial charge in [-0.25, -0.2) is 4.79 Å². The molecule has 41 heavy (non-hydrogen) atoms. The van der Waals surface area contributed by atoms with E-state index in [4.69, 9.17) is 13.9 Å². The lowest BCUT2D eigenvalue weighted by atomic mass is 9.42. The van der Waals surface area contributed by atoms with Crippen LogP contribution in [0.15, 0.2) is 39.3 Å². The fraction of sp³-hybridized carbons (Fsp3) is 0.767. The fourth-order valence-corrected chi connectivity index (χ4v) is 9.36. The summed E-state index contributed by atoms with van der Waals surface area (Å²) in [5.41, 5.74) is -3.26. The first-order valence-corrected chi connectivity index (χ1v) is 14.7. The van der Waals surface area contributed by atoms with Crippen molar-refractivity contribution >= 4 is 0 Å². The molecule has 1 aromatic heterocycles. The molecule has 13 atom stereocenters. The lowest BCUT2D eigenvalue weighted by Crippen LogP contribution is -2.73. The highest BCUT2D eigenvalue weighted by Crippen LogP contribution is 2.71. The molecule has 1 aromatic rings. The molecule has 6 rings (SSSR count). The van der Waals surface area contributed by atoms with Crippen molar-refractivity contribution in [2.75, 3.05) is 6.61 Å². The maximum atomic E-state index is 12.5. The molecule has 228 valence electrons. The first-order valence-electron chi connectivity index (χ1n) is 14.7. The van der Waals surface area contributed by atoms with Crippen LogP contribution in [-0.4, -0.2) is 96.5 Å². The van der Waals surface area contributed by atoms with Crippen LogP contribution < -0.4 is 5.63 Å². The molecule has 4 fully saturated rings. The maximum absolute atomic E-state index is 12.5. The van der Waals surface area contributed by atoms with Gasteiger partial charge in [-0.05, 0) is 73.0 Å². The van der Waals surface area contributed by atoms with E-state index in [9.17, 15) is 40.5 Å². The van der Waals surface area contributed by atoms with E-state index in [0.717, 1.165) is 5.56 Å². The Morgan fingerprint density at radius 1 is 0.976 bits per heavy atom. The van der Waals surface area contributed by atoms with Gasteiger partial charge in [-0.2, -0.15) is 0 Å². The Morgan fingerprint density at radius 2 is 1.73 bits per heavy atom. The summed E-state index contributed by atoms with van der Waals surface area (Å²) in [6.07, 6.45) is -2.14. The van der Waals surface area contributed by atoms with E-state index in [1.165, 1.54) is 12.3 Å². The van der Waals surface area contributed by atoms with Crippen molar-refractivity contribution in [1.29, 1.82) is 0 Å². The van der Waals surface area contributed by atoms with Crippen LogP contribution in [0.2, 0.25) is 0 Å². The van der Waals surface area contributed by atoms with Gasteiger partial charge in [0.05, 0.1) is 30.7 Å². The van der Waals surface area contributed by atoms with Crippen LogP contribution in [-0.2, 0) is 9.47 Å². The normalized spacial score (nSPS) is 51.3. The van der Waals surface area contributed by atoms with E-state index in [1.54, 1.807) is 12.1 Å². The third-order valence-corrected chi connectivity index (χ3v) is 11.6. The molecule has 3 saturated carbocycles. The zero-order valence-corrected chi connectivity index (χ0v) is 23.4. The van der Waals surface area contributed by atoms with Crippen molar-refractivity contribution in [1.82, 2.24) is 0 Å². The Bertz CT molecular complexity index is 1230. The second-order valence-electron chi connectivity index (χ2n) is 13.4. The van der Waals surface area contributed by atoms with Gasteiger partial charge in [0, 0.05) is 17.9 Å². The van der Waals surface area contributed by atoms with Crippen LogP contribution in [0.5, 0.6) is 0 Å². The third-order valence-electron chi connectivity index (χ3n) is 11.6. The molecule has 7 N–H and O–H groups in total. The van der Waals surface area contributed by atoms with Gasteiger partial charge in [-0.3, -0.25) is 0 Å². The minimum Gasteiger partial charge on any atom is -0.431 e. The van der Waals surface area contributed by atoms with Crippen molar-refractivity contribution in [3.05, 3.63) is 46.0 Å². The Kier molecular flexibility index (Phi) is 7.12. The van der Waals surface area contributed by atoms with Crippen LogP contribution in [0.25, 0.3) is 0 Å². The van der Waals surface area contributed by atoms with E-state index in [0.29, 0.717) is 44.1 Å². The molecule has 5 aliphatic rings. The monoisotopic (exact) mass is 578 g/mol. The van der Waals surface area contributed by atoms with Gasteiger partial charge in [0.2, 0.25) is 0 Å². The molecule has 13 unspecified atom stereocenters. The maximum Gasteiger partial charge on any atom is 0.335 e. The smallest absolute Gasteiger partial charge is 0.335 e. The average Bonchev–Trinajstić information content (AvgIpc) is 3.22. The summed E-state index contributed by atoms with van der Waals surface area (Å²) in [5, 5.41) is 76.6. The fourth-order valence-electron chi connectivity index (χ4n) is 9.36. The molecule has 0 aromatic carbocycles. The Hall–Kier alpha value is -1.67. The highest BCUT2D eigenvalue weighted by molar-refractivity contribution is 5.37.